The number of nitrogens with zero attached hydrogens (tertiary/aromatic N) is 2. The fourth-order valence-corrected chi connectivity index (χ4v) is 3.10. The van der Waals surface area contributed by atoms with Crippen molar-refractivity contribution in [2.75, 3.05) is 0 Å². The lowest BCUT2D eigenvalue weighted by molar-refractivity contribution is 1.09. The molecule has 0 radical (unpaired) electrons. The molecule has 2 heterocycles. The number of imidazole rings is 1. The van der Waals surface area contributed by atoms with Crippen LogP contribution in [0.4, 0.5) is 0 Å². The van der Waals surface area contributed by atoms with E-state index in [9.17, 15) is 0 Å². The van der Waals surface area contributed by atoms with Crippen LogP contribution in [0.15, 0.2) is 53.6 Å². The van der Waals surface area contributed by atoms with E-state index in [1.807, 2.05) is 36.4 Å². The van der Waals surface area contributed by atoms with Crippen molar-refractivity contribution in [1.29, 1.82) is 0 Å². The van der Waals surface area contributed by atoms with Crippen LogP contribution in [0.3, 0.4) is 0 Å². The number of aromatic nitrogens is 2. The third-order valence-electron chi connectivity index (χ3n) is 2.96. The molecule has 3 rings (SSSR count). The Labute approximate surface area is 121 Å². The first-order valence-electron chi connectivity index (χ1n) is 6.05. The second kappa shape index (κ2) is 5.27. The smallest absolute Gasteiger partial charge is 0.137 e. The molecule has 0 aliphatic heterocycles. The van der Waals surface area contributed by atoms with Gasteiger partial charge in [0.1, 0.15) is 5.65 Å². The van der Waals surface area contributed by atoms with Crippen LogP contribution in [0.25, 0.3) is 5.65 Å². The van der Waals surface area contributed by atoms with E-state index in [0.29, 0.717) is 0 Å². The second-order valence-corrected chi connectivity index (χ2v) is 5.77. The van der Waals surface area contributed by atoms with Gasteiger partial charge in [-0.2, -0.15) is 0 Å². The number of benzene rings is 1. The van der Waals surface area contributed by atoms with Gasteiger partial charge < -0.3 is 4.40 Å². The molecule has 0 bridgehead atoms. The fourth-order valence-electron chi connectivity index (χ4n) is 1.98. The van der Waals surface area contributed by atoms with E-state index in [0.717, 1.165) is 27.0 Å². The first kappa shape index (κ1) is 12.6. The van der Waals surface area contributed by atoms with Crippen LogP contribution in [-0.4, -0.2) is 9.38 Å². The molecule has 0 aliphatic carbocycles. The summed E-state index contributed by atoms with van der Waals surface area (Å²) in [6, 6.07) is 14.0. The maximum Gasteiger partial charge on any atom is 0.137 e. The molecule has 3 aromatic rings. The van der Waals surface area contributed by atoms with Crippen molar-refractivity contribution in [1.82, 2.24) is 9.38 Å². The van der Waals surface area contributed by atoms with E-state index in [4.69, 9.17) is 11.6 Å². The molecule has 1 aromatic carbocycles. The Balaban J connectivity index is 1.83. The molecule has 2 aromatic heterocycles. The third-order valence-corrected chi connectivity index (χ3v) is 4.51. The van der Waals surface area contributed by atoms with Crippen molar-refractivity contribution in [3.8, 4) is 0 Å². The molecule has 0 saturated carbocycles. The van der Waals surface area contributed by atoms with Gasteiger partial charge in [0.2, 0.25) is 0 Å². The Kier molecular flexibility index (Phi) is 3.49. The molecule has 0 atom stereocenters. The molecule has 2 nitrogen and oxygen atoms in total. The van der Waals surface area contributed by atoms with Gasteiger partial charge >= 0.3 is 0 Å². The minimum Gasteiger partial charge on any atom is -0.304 e. The average molecular weight is 289 g/mol. The van der Waals surface area contributed by atoms with Gasteiger partial charge in [-0.25, -0.2) is 4.98 Å². The normalized spacial score (nSPS) is 11.1. The Bertz CT molecular complexity index is 721. The summed E-state index contributed by atoms with van der Waals surface area (Å²) in [6.45, 7) is 2.08. The summed E-state index contributed by atoms with van der Waals surface area (Å²) in [5.74, 6) is 0.824. The van der Waals surface area contributed by atoms with Gasteiger partial charge in [-0.15, -0.1) is 11.8 Å². The van der Waals surface area contributed by atoms with E-state index in [1.165, 1.54) is 5.69 Å². The number of halogens is 1. The van der Waals surface area contributed by atoms with Crippen molar-refractivity contribution >= 4 is 29.0 Å². The molecule has 0 spiro atoms. The first-order valence-corrected chi connectivity index (χ1v) is 7.41. The van der Waals surface area contributed by atoms with Crippen LogP contribution in [0, 0.1) is 6.92 Å². The Morgan fingerprint density at radius 3 is 2.79 bits per heavy atom. The quantitative estimate of drug-likeness (QED) is 0.656. The van der Waals surface area contributed by atoms with Crippen molar-refractivity contribution in [3.05, 3.63) is 65.1 Å². The lowest BCUT2D eigenvalue weighted by Gasteiger charge is -2.01. The molecule has 0 fully saturated rings. The van der Waals surface area contributed by atoms with Crippen LogP contribution in [0.5, 0.6) is 0 Å². The predicted molar refractivity (Wildman–Crippen MR) is 80.9 cm³/mol. The van der Waals surface area contributed by atoms with Gasteiger partial charge in [0.05, 0.1) is 10.7 Å². The topological polar surface area (TPSA) is 17.3 Å². The number of hydrogen-bond acceptors (Lipinski definition) is 2. The third kappa shape index (κ3) is 2.62. The molecule has 0 saturated heterocycles. The summed E-state index contributed by atoms with van der Waals surface area (Å²) in [5.41, 5.74) is 3.26. The van der Waals surface area contributed by atoms with E-state index in [2.05, 4.69) is 28.6 Å². The van der Waals surface area contributed by atoms with E-state index < -0.39 is 0 Å². The molecule has 0 amide bonds. The monoisotopic (exact) mass is 288 g/mol. The minimum absolute atomic E-state index is 0.799. The highest BCUT2D eigenvalue weighted by molar-refractivity contribution is 7.98. The highest BCUT2D eigenvalue weighted by Crippen LogP contribution is 2.29. The molecule has 4 heteroatoms. The van der Waals surface area contributed by atoms with Gasteiger partial charge in [-0.1, -0.05) is 29.8 Å². The van der Waals surface area contributed by atoms with Crippen LogP contribution >= 0.6 is 23.4 Å². The van der Waals surface area contributed by atoms with Crippen LogP contribution in [-0.2, 0) is 5.75 Å². The maximum absolute atomic E-state index is 6.15. The van der Waals surface area contributed by atoms with Gasteiger partial charge in [-0.05, 0) is 31.2 Å². The Morgan fingerprint density at radius 1 is 1.16 bits per heavy atom. The van der Waals surface area contributed by atoms with Gasteiger partial charge in [0, 0.05) is 22.5 Å². The zero-order valence-corrected chi connectivity index (χ0v) is 12.1. The zero-order chi connectivity index (χ0) is 13.2. The maximum atomic E-state index is 6.15. The van der Waals surface area contributed by atoms with Crippen LogP contribution in [0.2, 0.25) is 5.02 Å². The van der Waals surface area contributed by atoms with Gasteiger partial charge in [-0.3, -0.25) is 0 Å². The number of rotatable bonds is 3. The number of fused-ring (bicyclic) bond motifs is 1. The van der Waals surface area contributed by atoms with Gasteiger partial charge in [0.25, 0.3) is 0 Å². The number of pyridine rings is 1. The summed E-state index contributed by atoms with van der Waals surface area (Å²) < 4.78 is 2.11. The average Bonchev–Trinajstić information content (AvgIpc) is 2.82. The Hall–Kier alpha value is -1.45. The summed E-state index contributed by atoms with van der Waals surface area (Å²) in [5, 5.41) is 0.799. The highest BCUT2D eigenvalue weighted by Gasteiger charge is 2.05. The molecular weight excluding hydrogens is 276 g/mol. The molecular formula is C15H13ClN2S. The second-order valence-electron chi connectivity index (χ2n) is 4.35. The lowest BCUT2D eigenvalue weighted by atomic mass is 10.4. The molecule has 96 valence electrons. The summed E-state index contributed by atoms with van der Waals surface area (Å²) in [6.07, 6.45) is 2.09. The highest BCUT2D eigenvalue weighted by atomic mass is 35.5. The van der Waals surface area contributed by atoms with Crippen molar-refractivity contribution in [3.63, 3.8) is 0 Å². The first-order chi connectivity index (χ1) is 9.24. The van der Waals surface area contributed by atoms with Crippen LogP contribution in [0.1, 0.15) is 11.4 Å². The van der Waals surface area contributed by atoms with Crippen molar-refractivity contribution in [2.24, 2.45) is 0 Å². The largest absolute Gasteiger partial charge is 0.304 e. The van der Waals surface area contributed by atoms with E-state index >= 15 is 0 Å². The molecule has 0 unspecified atom stereocenters. The molecule has 19 heavy (non-hydrogen) atoms. The lowest BCUT2D eigenvalue weighted by Crippen LogP contribution is -1.86. The SMILES string of the molecule is Cc1cccc2nc(CSc3ccccc3Cl)cn12. The standard InChI is InChI=1S/C15H13ClN2S/c1-11-5-4-8-15-17-12(9-18(11)15)10-19-14-7-3-2-6-13(14)16/h2-9H,10H2,1H3. The zero-order valence-electron chi connectivity index (χ0n) is 10.5. The fraction of sp³-hybridized carbons (Fsp3) is 0.133. The van der Waals surface area contributed by atoms with Gasteiger partial charge in [0.15, 0.2) is 0 Å². The number of thioether (sulfide) groups is 1. The minimum atomic E-state index is 0.799. The molecule has 0 N–H and O–H groups in total. The van der Waals surface area contributed by atoms with E-state index in [1.54, 1.807) is 11.8 Å². The van der Waals surface area contributed by atoms with E-state index in [-0.39, 0.29) is 0 Å². The predicted octanol–water partition coefficient (Wildman–Crippen LogP) is 4.59. The summed E-state index contributed by atoms with van der Waals surface area (Å²) in [4.78, 5) is 5.71. The van der Waals surface area contributed by atoms with Crippen molar-refractivity contribution < 1.29 is 0 Å². The summed E-state index contributed by atoms with van der Waals surface area (Å²) >= 11 is 7.86. The number of hydrogen-bond donors (Lipinski definition) is 0. The summed E-state index contributed by atoms with van der Waals surface area (Å²) in [7, 11) is 0. The van der Waals surface area contributed by atoms with Crippen LogP contribution < -0.4 is 0 Å². The Morgan fingerprint density at radius 2 is 2.00 bits per heavy atom. The van der Waals surface area contributed by atoms with Crippen molar-refractivity contribution in [2.45, 2.75) is 17.6 Å². The number of aryl methyl sites for hydroxylation is 1. The molecule has 0 aliphatic rings.